The Bertz CT molecular complexity index is 895. The Morgan fingerprint density at radius 2 is 1.94 bits per heavy atom. The zero-order valence-corrected chi connectivity index (χ0v) is 19.4. The van der Waals surface area contributed by atoms with E-state index in [1.807, 2.05) is 0 Å². The lowest BCUT2D eigenvalue weighted by molar-refractivity contribution is -0.0458. The lowest BCUT2D eigenvalue weighted by Gasteiger charge is -2.34. The highest BCUT2D eigenvalue weighted by atomic mass is 127. The van der Waals surface area contributed by atoms with Gasteiger partial charge in [0.05, 0.1) is 6.54 Å². The number of alkyl halides is 4. The van der Waals surface area contributed by atoms with E-state index in [0.717, 1.165) is 48.5 Å². The maximum absolute atomic E-state index is 14.6. The monoisotopic (exact) mass is 568 g/mol. The molecule has 0 atom stereocenters. The van der Waals surface area contributed by atoms with Crippen LogP contribution in [0.4, 0.5) is 29.2 Å². The summed E-state index contributed by atoms with van der Waals surface area (Å²) in [7, 11) is 1.60. The Labute approximate surface area is 193 Å². The summed E-state index contributed by atoms with van der Waals surface area (Å²) >= 11 is 2.23. The predicted octanol–water partition coefficient (Wildman–Crippen LogP) is 4.84. The topological polar surface area (TPSA) is 57.2 Å². The number of pyridine rings is 1. The summed E-state index contributed by atoms with van der Waals surface area (Å²) in [6.07, 6.45) is 1.93. The summed E-state index contributed by atoms with van der Waals surface area (Å²) in [5.74, 6) is -1.45. The van der Waals surface area contributed by atoms with Crippen molar-refractivity contribution < 1.29 is 17.6 Å². The second-order valence-electron chi connectivity index (χ2n) is 7.62. The second kappa shape index (κ2) is 9.61. The zero-order chi connectivity index (χ0) is 22.0. The Morgan fingerprint density at radius 1 is 1.16 bits per heavy atom. The highest BCUT2D eigenvalue weighted by Crippen LogP contribution is 2.37. The largest absolute Gasteiger partial charge is 0.367 e. The fourth-order valence-corrected chi connectivity index (χ4v) is 5.43. The van der Waals surface area contributed by atoms with Crippen LogP contribution in [0.5, 0.6) is 0 Å². The van der Waals surface area contributed by atoms with E-state index in [2.05, 4.69) is 45.8 Å². The van der Waals surface area contributed by atoms with Crippen molar-refractivity contribution >= 4 is 42.0 Å². The smallest absolute Gasteiger partial charge is 0.302 e. The van der Waals surface area contributed by atoms with Crippen molar-refractivity contribution in [2.75, 3.05) is 35.8 Å². The van der Waals surface area contributed by atoms with E-state index in [1.54, 1.807) is 20.3 Å². The molecule has 0 amide bonds. The van der Waals surface area contributed by atoms with Gasteiger partial charge in [-0.3, -0.25) is 14.2 Å². The molecule has 31 heavy (non-hydrogen) atoms. The number of anilines is 2. The molecule has 2 aromatic rings. The van der Waals surface area contributed by atoms with Crippen molar-refractivity contribution in [2.24, 2.45) is 0 Å². The number of nitrogens with one attached hydrogen (secondary N) is 1. The van der Waals surface area contributed by atoms with E-state index in [1.165, 1.54) is 0 Å². The molecule has 2 aromatic heterocycles. The predicted molar refractivity (Wildman–Crippen MR) is 121 cm³/mol. The Kier molecular flexibility index (Phi) is 7.06. The second-order valence-corrected chi connectivity index (χ2v) is 9.38. The normalized spacial score (nSPS) is 17.9. The molecule has 0 unspecified atom stereocenters. The van der Waals surface area contributed by atoms with Gasteiger partial charge in [0.15, 0.2) is 0 Å². The number of hydrogen-bond acceptors (Lipinski definition) is 7. The highest BCUT2D eigenvalue weighted by molar-refractivity contribution is 14.2. The van der Waals surface area contributed by atoms with Gasteiger partial charge in [-0.05, 0) is 31.4 Å². The standard InChI is InChI=1S/C19H21F4IN6S/c20-16(21)12-1-2-15(25-9-12)19(22,23)10-29-6-3-13(4-7-29)28-17-14-5-8-30(31-24)18(14)27-11-26-17/h1-2,9,11,13,16H,3-8,10H2,(H,26,27,28). The average Bonchev–Trinajstić information content (AvgIpc) is 3.19. The summed E-state index contributed by atoms with van der Waals surface area (Å²) in [5, 5.41) is 3.47. The molecule has 0 saturated carbocycles. The first-order valence-electron chi connectivity index (χ1n) is 9.89. The van der Waals surface area contributed by atoms with Gasteiger partial charge in [0, 0.05) is 73.3 Å². The number of rotatable bonds is 7. The molecule has 0 aliphatic carbocycles. The molecule has 0 aromatic carbocycles. The number of piperidine rings is 1. The van der Waals surface area contributed by atoms with E-state index in [4.69, 9.17) is 0 Å². The van der Waals surface area contributed by atoms with Crippen LogP contribution in [-0.2, 0) is 12.3 Å². The molecule has 1 fully saturated rings. The molecule has 2 aliphatic heterocycles. The third-order valence-electron chi connectivity index (χ3n) is 5.57. The van der Waals surface area contributed by atoms with Crippen LogP contribution in [0.25, 0.3) is 0 Å². The van der Waals surface area contributed by atoms with Crippen LogP contribution in [0.15, 0.2) is 24.7 Å². The summed E-state index contributed by atoms with van der Waals surface area (Å²) in [5.41, 5.74) is 0.258. The van der Waals surface area contributed by atoms with Crippen LogP contribution in [0.3, 0.4) is 0 Å². The molecule has 0 spiro atoms. The lowest BCUT2D eigenvalue weighted by atomic mass is 10.0. The van der Waals surface area contributed by atoms with Gasteiger partial charge in [-0.15, -0.1) is 0 Å². The minimum atomic E-state index is -3.20. The fraction of sp³-hybridized carbons (Fsp3) is 0.526. The van der Waals surface area contributed by atoms with Crippen molar-refractivity contribution in [3.8, 4) is 0 Å². The van der Waals surface area contributed by atoms with Gasteiger partial charge in [-0.2, -0.15) is 8.78 Å². The van der Waals surface area contributed by atoms with E-state index in [-0.39, 0.29) is 11.6 Å². The highest BCUT2D eigenvalue weighted by Gasteiger charge is 2.37. The summed E-state index contributed by atoms with van der Waals surface area (Å²) in [6, 6.07) is 2.14. The van der Waals surface area contributed by atoms with Crippen LogP contribution in [0.2, 0.25) is 0 Å². The minimum absolute atomic E-state index is 0.147. The zero-order valence-electron chi connectivity index (χ0n) is 16.4. The Balaban J connectivity index is 1.32. The third kappa shape index (κ3) is 5.16. The van der Waals surface area contributed by atoms with Crippen LogP contribution >= 0.6 is 30.3 Å². The molecule has 1 N–H and O–H groups in total. The molecule has 12 heteroatoms. The SMILES string of the molecule is FC(F)c1ccc(C(F)(F)CN2CCC(Nc3ncnc4c3CCN4SI)CC2)nc1. The summed E-state index contributed by atoms with van der Waals surface area (Å²) < 4.78 is 56.6. The van der Waals surface area contributed by atoms with Gasteiger partial charge in [0.1, 0.15) is 23.7 Å². The van der Waals surface area contributed by atoms with Gasteiger partial charge >= 0.3 is 5.92 Å². The van der Waals surface area contributed by atoms with Crippen molar-refractivity contribution in [3.63, 3.8) is 0 Å². The first-order valence-corrected chi connectivity index (χ1v) is 13.2. The number of fused-ring (bicyclic) bond motifs is 1. The van der Waals surface area contributed by atoms with Crippen LogP contribution in [-0.4, -0.2) is 52.1 Å². The molecule has 2 aliphatic rings. The van der Waals surface area contributed by atoms with Gasteiger partial charge in [0.25, 0.3) is 6.43 Å². The van der Waals surface area contributed by atoms with E-state index in [9.17, 15) is 17.6 Å². The van der Waals surface area contributed by atoms with E-state index >= 15 is 0 Å². The maximum atomic E-state index is 14.6. The number of halogens is 5. The molecular formula is C19H21F4IN6S. The summed E-state index contributed by atoms with van der Waals surface area (Å²) in [4.78, 5) is 14.0. The molecule has 4 rings (SSSR count). The fourth-order valence-electron chi connectivity index (χ4n) is 3.90. The average molecular weight is 568 g/mol. The minimum Gasteiger partial charge on any atom is -0.367 e. The van der Waals surface area contributed by atoms with E-state index < -0.39 is 24.6 Å². The van der Waals surface area contributed by atoms with Gasteiger partial charge < -0.3 is 5.32 Å². The summed E-state index contributed by atoms with van der Waals surface area (Å²) in [6.45, 7) is 1.42. The lowest BCUT2D eigenvalue weighted by Crippen LogP contribution is -2.44. The Morgan fingerprint density at radius 3 is 2.58 bits per heavy atom. The number of nitrogens with zero attached hydrogens (tertiary/aromatic N) is 5. The quantitative estimate of drug-likeness (QED) is 0.292. The first kappa shape index (κ1) is 22.8. The molecule has 168 valence electrons. The molecule has 6 nitrogen and oxygen atoms in total. The molecular weight excluding hydrogens is 547 g/mol. The molecule has 1 saturated heterocycles. The van der Waals surface area contributed by atoms with Gasteiger partial charge in [-0.1, -0.05) is 0 Å². The molecule has 0 radical (unpaired) electrons. The molecule has 0 bridgehead atoms. The van der Waals surface area contributed by atoms with Crippen molar-refractivity contribution in [1.29, 1.82) is 0 Å². The van der Waals surface area contributed by atoms with Crippen LogP contribution in [0, 0.1) is 0 Å². The van der Waals surface area contributed by atoms with Gasteiger partial charge in [-0.25, -0.2) is 18.7 Å². The van der Waals surface area contributed by atoms with E-state index in [0.29, 0.717) is 25.9 Å². The van der Waals surface area contributed by atoms with Gasteiger partial charge in [0.2, 0.25) is 0 Å². The van der Waals surface area contributed by atoms with Crippen LogP contribution < -0.4 is 9.62 Å². The molecule has 4 heterocycles. The third-order valence-corrected chi connectivity index (χ3v) is 7.52. The Hall–Kier alpha value is -1.41. The van der Waals surface area contributed by atoms with Crippen molar-refractivity contribution in [1.82, 2.24) is 19.9 Å². The first-order chi connectivity index (χ1) is 14.9. The number of aromatic nitrogens is 3. The van der Waals surface area contributed by atoms with Crippen molar-refractivity contribution in [3.05, 3.63) is 41.5 Å². The maximum Gasteiger partial charge on any atom is 0.302 e. The number of likely N-dealkylation sites (tertiary alicyclic amines) is 1. The van der Waals surface area contributed by atoms with Crippen LogP contribution in [0.1, 0.15) is 36.1 Å². The van der Waals surface area contributed by atoms with Crippen molar-refractivity contribution in [2.45, 2.75) is 37.7 Å². The number of hydrogen-bond donors (Lipinski definition) is 1.